The topological polar surface area (TPSA) is 52.2 Å². The van der Waals surface area contributed by atoms with Crippen LogP contribution in [0.2, 0.25) is 0 Å². The molecule has 1 spiro atoms. The molecule has 0 amide bonds. The summed E-state index contributed by atoms with van der Waals surface area (Å²) in [6.45, 7) is 9.84. The van der Waals surface area contributed by atoms with Gasteiger partial charge in [0, 0.05) is 28.8 Å². The van der Waals surface area contributed by atoms with Gasteiger partial charge in [0.1, 0.15) is 0 Å². The summed E-state index contributed by atoms with van der Waals surface area (Å²) in [4.78, 5) is 14.3. The molecular formula is C27H36N4OS. The van der Waals surface area contributed by atoms with E-state index in [0.717, 1.165) is 60.8 Å². The third-order valence-corrected chi connectivity index (χ3v) is 8.49. The Morgan fingerprint density at radius 3 is 2.48 bits per heavy atom. The molecule has 2 aliphatic carbocycles. The predicted octanol–water partition coefficient (Wildman–Crippen LogP) is 6.11. The fraction of sp³-hybridized carbons (Fsp3) is 0.593. The largest absolute Gasteiger partial charge is 0.309 e. The molecule has 2 aromatic heterocycles. The normalized spacial score (nSPS) is 16.8. The van der Waals surface area contributed by atoms with Gasteiger partial charge in [0.25, 0.3) is 5.56 Å². The van der Waals surface area contributed by atoms with Gasteiger partial charge in [0.2, 0.25) is 5.78 Å². The van der Waals surface area contributed by atoms with E-state index in [4.69, 9.17) is 0 Å². The van der Waals surface area contributed by atoms with Crippen LogP contribution in [0.3, 0.4) is 0 Å². The lowest BCUT2D eigenvalue weighted by atomic mass is 9.68. The van der Waals surface area contributed by atoms with Crippen molar-refractivity contribution in [2.24, 2.45) is 11.8 Å². The lowest BCUT2D eigenvalue weighted by molar-refractivity contribution is 0.418. The zero-order chi connectivity index (χ0) is 23.2. The molecule has 0 bridgehead atoms. The first-order chi connectivity index (χ1) is 15.9. The standard InChI is InChI=1S/C27H36N4OS/c1-18(2)11-15-30-23-21-10-6-5-9-20(21)17-27(13-7-8-14-27)22(23)24(32)31-25(30)28-29-26(31)33-16-12-19(3)4/h5-6,9-10,18-19H,7-8,11-17H2,1-4H3. The Hall–Kier alpha value is -2.08. The van der Waals surface area contributed by atoms with E-state index in [1.807, 2.05) is 4.40 Å². The molecule has 1 fully saturated rings. The number of benzene rings is 1. The Kier molecular flexibility index (Phi) is 6.15. The van der Waals surface area contributed by atoms with E-state index in [9.17, 15) is 4.79 Å². The molecule has 176 valence electrons. The molecule has 2 aliphatic rings. The minimum atomic E-state index is -0.0569. The van der Waals surface area contributed by atoms with Crippen molar-refractivity contribution in [1.82, 2.24) is 19.2 Å². The molecule has 33 heavy (non-hydrogen) atoms. The smallest absolute Gasteiger partial charge is 0.265 e. The Morgan fingerprint density at radius 1 is 1.03 bits per heavy atom. The van der Waals surface area contributed by atoms with Crippen molar-refractivity contribution in [1.29, 1.82) is 0 Å². The van der Waals surface area contributed by atoms with E-state index in [1.54, 1.807) is 11.8 Å². The zero-order valence-electron chi connectivity index (χ0n) is 20.4. The summed E-state index contributed by atoms with van der Waals surface area (Å²) in [5.41, 5.74) is 4.79. The first kappa shape index (κ1) is 22.7. The fourth-order valence-corrected chi connectivity index (χ4v) is 6.90. The van der Waals surface area contributed by atoms with E-state index in [0.29, 0.717) is 17.6 Å². The number of fused-ring (bicyclic) bond motifs is 5. The van der Waals surface area contributed by atoms with E-state index in [1.165, 1.54) is 24.0 Å². The number of hydrogen-bond acceptors (Lipinski definition) is 4. The molecule has 0 unspecified atom stereocenters. The van der Waals surface area contributed by atoms with Crippen molar-refractivity contribution in [3.8, 4) is 11.3 Å². The molecule has 1 saturated carbocycles. The lowest BCUT2D eigenvalue weighted by Gasteiger charge is -2.37. The quantitative estimate of drug-likeness (QED) is 0.396. The maximum Gasteiger partial charge on any atom is 0.265 e. The van der Waals surface area contributed by atoms with Gasteiger partial charge in [-0.2, -0.15) is 0 Å². The first-order valence-corrected chi connectivity index (χ1v) is 13.6. The van der Waals surface area contributed by atoms with Crippen LogP contribution in [0.1, 0.15) is 77.3 Å². The molecule has 2 heterocycles. The van der Waals surface area contributed by atoms with Crippen LogP contribution in [-0.2, 0) is 18.4 Å². The van der Waals surface area contributed by atoms with Gasteiger partial charge in [0.15, 0.2) is 5.16 Å². The maximum atomic E-state index is 14.3. The second-order valence-corrected chi connectivity index (χ2v) is 11.9. The van der Waals surface area contributed by atoms with Crippen LogP contribution in [0.15, 0.2) is 34.2 Å². The number of hydrogen-bond donors (Lipinski definition) is 0. The molecule has 5 rings (SSSR count). The summed E-state index contributed by atoms with van der Waals surface area (Å²) in [6.07, 6.45) is 7.70. The number of thioether (sulfide) groups is 1. The van der Waals surface area contributed by atoms with Gasteiger partial charge in [-0.15, -0.1) is 10.2 Å². The summed E-state index contributed by atoms with van der Waals surface area (Å²) >= 11 is 1.68. The van der Waals surface area contributed by atoms with Gasteiger partial charge in [-0.1, -0.05) is 76.6 Å². The van der Waals surface area contributed by atoms with Crippen molar-refractivity contribution in [3.63, 3.8) is 0 Å². The molecule has 0 saturated heterocycles. The monoisotopic (exact) mass is 464 g/mol. The highest BCUT2D eigenvalue weighted by Gasteiger charge is 2.45. The molecule has 6 heteroatoms. The highest BCUT2D eigenvalue weighted by molar-refractivity contribution is 7.99. The van der Waals surface area contributed by atoms with Gasteiger partial charge in [-0.3, -0.25) is 4.79 Å². The minimum absolute atomic E-state index is 0.0569. The first-order valence-electron chi connectivity index (χ1n) is 12.6. The molecule has 5 nitrogen and oxygen atoms in total. The van der Waals surface area contributed by atoms with Crippen molar-refractivity contribution in [3.05, 3.63) is 45.7 Å². The SMILES string of the molecule is CC(C)CCSc1nnc2n(CCC(C)C)c3c(c(=O)n12)C1(CCCC1)Cc1ccccc1-3. The highest BCUT2D eigenvalue weighted by atomic mass is 32.2. The van der Waals surface area contributed by atoms with Crippen molar-refractivity contribution < 1.29 is 0 Å². The fourth-order valence-electron chi connectivity index (χ4n) is 5.74. The Bertz CT molecular complexity index is 1220. The van der Waals surface area contributed by atoms with Crippen molar-refractivity contribution >= 4 is 17.5 Å². The lowest BCUT2D eigenvalue weighted by Crippen LogP contribution is -2.40. The number of aromatic nitrogens is 4. The highest BCUT2D eigenvalue weighted by Crippen LogP contribution is 2.50. The van der Waals surface area contributed by atoms with Crippen molar-refractivity contribution in [2.75, 3.05) is 5.75 Å². The van der Waals surface area contributed by atoms with E-state index in [-0.39, 0.29) is 11.0 Å². The number of aryl methyl sites for hydroxylation is 1. The molecular weight excluding hydrogens is 428 g/mol. The molecule has 0 N–H and O–H groups in total. The average molecular weight is 465 g/mol. The second kappa shape index (κ2) is 8.94. The summed E-state index contributed by atoms with van der Waals surface area (Å²) in [5, 5.41) is 9.90. The molecule has 3 aromatic rings. The van der Waals surface area contributed by atoms with Gasteiger partial charge in [0.05, 0.1) is 5.69 Å². The number of nitrogens with zero attached hydrogens (tertiary/aromatic N) is 4. The van der Waals surface area contributed by atoms with Crippen LogP contribution in [0.25, 0.3) is 17.0 Å². The van der Waals surface area contributed by atoms with Crippen molar-refractivity contribution in [2.45, 2.75) is 89.8 Å². The number of rotatable bonds is 7. The minimum Gasteiger partial charge on any atom is -0.309 e. The Balaban J connectivity index is 1.78. The van der Waals surface area contributed by atoms with Gasteiger partial charge >= 0.3 is 0 Å². The Morgan fingerprint density at radius 2 is 1.76 bits per heavy atom. The molecule has 0 radical (unpaired) electrons. The summed E-state index contributed by atoms with van der Waals surface area (Å²) in [7, 11) is 0. The van der Waals surface area contributed by atoms with Crippen LogP contribution in [0.4, 0.5) is 0 Å². The Labute approximate surface area is 201 Å². The van der Waals surface area contributed by atoms with E-state index < -0.39 is 0 Å². The van der Waals surface area contributed by atoms with Crippen LogP contribution in [0.5, 0.6) is 0 Å². The van der Waals surface area contributed by atoms with Crippen LogP contribution >= 0.6 is 11.8 Å². The van der Waals surface area contributed by atoms with Crippen LogP contribution in [-0.4, -0.2) is 24.9 Å². The van der Waals surface area contributed by atoms with Crippen LogP contribution in [0, 0.1) is 11.8 Å². The maximum absolute atomic E-state index is 14.3. The van der Waals surface area contributed by atoms with Gasteiger partial charge in [-0.25, -0.2) is 4.40 Å². The van der Waals surface area contributed by atoms with Crippen LogP contribution < -0.4 is 5.56 Å². The molecule has 0 aliphatic heterocycles. The third kappa shape index (κ3) is 3.94. The third-order valence-electron chi connectivity index (χ3n) is 7.53. The van der Waals surface area contributed by atoms with E-state index >= 15 is 0 Å². The zero-order valence-corrected chi connectivity index (χ0v) is 21.2. The molecule has 1 aromatic carbocycles. The summed E-state index contributed by atoms with van der Waals surface area (Å²) in [5.74, 6) is 2.86. The average Bonchev–Trinajstić information content (AvgIpc) is 3.41. The second-order valence-electron chi connectivity index (χ2n) is 10.8. The van der Waals surface area contributed by atoms with E-state index in [2.05, 4.69) is 66.7 Å². The summed E-state index contributed by atoms with van der Waals surface area (Å²) < 4.78 is 4.17. The van der Waals surface area contributed by atoms with Gasteiger partial charge < -0.3 is 4.57 Å². The summed E-state index contributed by atoms with van der Waals surface area (Å²) in [6, 6.07) is 8.71. The predicted molar refractivity (Wildman–Crippen MR) is 136 cm³/mol. The van der Waals surface area contributed by atoms with Gasteiger partial charge in [-0.05, 0) is 49.5 Å². The molecule has 0 atom stereocenters.